The maximum absolute atomic E-state index is 13.2. The highest BCUT2D eigenvalue weighted by molar-refractivity contribution is 6.00. The summed E-state index contributed by atoms with van der Waals surface area (Å²) in [4.78, 5) is 14.8. The summed E-state index contributed by atoms with van der Waals surface area (Å²) in [6.45, 7) is 0.188. The van der Waals surface area contributed by atoms with Crippen molar-refractivity contribution in [3.8, 4) is 23.0 Å². The third-order valence-corrected chi connectivity index (χ3v) is 5.01. The molecule has 1 aromatic carbocycles. The Kier molecular flexibility index (Phi) is 4.99. The van der Waals surface area contributed by atoms with Crippen molar-refractivity contribution in [1.82, 2.24) is 15.1 Å². The Morgan fingerprint density at radius 2 is 2.07 bits per heavy atom. The van der Waals surface area contributed by atoms with Crippen LogP contribution < -0.4 is 4.74 Å². The Balaban J connectivity index is 1.86. The minimum absolute atomic E-state index is 0.0115. The second-order valence-electron chi connectivity index (χ2n) is 6.53. The summed E-state index contributed by atoms with van der Waals surface area (Å²) < 4.78 is 21.4. The minimum atomic E-state index is -0.611. The minimum Gasteiger partial charge on any atom is -0.504 e. The summed E-state index contributed by atoms with van der Waals surface area (Å²) in [7, 11) is 4.50. The van der Waals surface area contributed by atoms with E-state index >= 15 is 0 Å². The highest BCUT2D eigenvalue weighted by atomic mass is 16.7. The molecular weight excluding hydrogens is 378 g/mol. The van der Waals surface area contributed by atoms with Gasteiger partial charge in [-0.1, -0.05) is 6.07 Å². The Morgan fingerprint density at radius 3 is 2.72 bits per heavy atom. The highest BCUT2D eigenvalue weighted by Gasteiger charge is 2.44. The number of amides is 1. The molecule has 29 heavy (non-hydrogen) atoms. The molecule has 1 atom stereocenters. The van der Waals surface area contributed by atoms with E-state index in [9.17, 15) is 9.90 Å². The number of carbonyl (C=O) groups excluding carboxylic acids is 1. The number of ether oxygens (including phenoxy) is 3. The number of aromatic amines is 1. The molecular formula is C20H21N3O6. The molecule has 0 bridgehead atoms. The third kappa shape index (κ3) is 3.14. The molecule has 3 aromatic rings. The first-order chi connectivity index (χ1) is 14.1. The quantitative estimate of drug-likeness (QED) is 0.588. The first-order valence-corrected chi connectivity index (χ1v) is 8.94. The standard InChI is InChI=1S/C20H21N3O6/c1-26-14-9-11(6-7-12(14)24)19-16-17(13-5-4-8-29-13)21-22-18(16)20(25)23(19)10-15(27-2)28-3/h4-9,15,19,24H,10H2,1-3H3,(H,21,22). The molecule has 152 valence electrons. The van der Waals surface area contributed by atoms with Crippen LogP contribution in [0.5, 0.6) is 11.5 Å². The predicted molar refractivity (Wildman–Crippen MR) is 102 cm³/mol. The molecule has 9 heteroatoms. The molecule has 1 amide bonds. The van der Waals surface area contributed by atoms with E-state index in [4.69, 9.17) is 18.6 Å². The van der Waals surface area contributed by atoms with Crippen LogP contribution in [0.25, 0.3) is 11.5 Å². The number of hydrogen-bond acceptors (Lipinski definition) is 7. The number of benzene rings is 1. The van der Waals surface area contributed by atoms with Gasteiger partial charge in [0.05, 0.1) is 26.0 Å². The summed E-state index contributed by atoms with van der Waals surface area (Å²) in [6.07, 6.45) is 0.946. The van der Waals surface area contributed by atoms with E-state index in [-0.39, 0.29) is 18.2 Å². The Labute approximate surface area is 166 Å². The maximum Gasteiger partial charge on any atom is 0.275 e. The lowest BCUT2D eigenvalue weighted by Gasteiger charge is -2.29. The van der Waals surface area contributed by atoms with Crippen molar-refractivity contribution in [2.24, 2.45) is 0 Å². The smallest absolute Gasteiger partial charge is 0.275 e. The molecule has 3 heterocycles. The van der Waals surface area contributed by atoms with Gasteiger partial charge in [0.2, 0.25) is 0 Å². The zero-order valence-corrected chi connectivity index (χ0v) is 16.2. The van der Waals surface area contributed by atoms with Gasteiger partial charge in [0.15, 0.2) is 29.2 Å². The van der Waals surface area contributed by atoms with E-state index in [1.807, 2.05) is 0 Å². The Morgan fingerprint density at radius 1 is 1.28 bits per heavy atom. The zero-order chi connectivity index (χ0) is 20.5. The molecule has 1 unspecified atom stereocenters. The molecule has 9 nitrogen and oxygen atoms in total. The van der Waals surface area contributed by atoms with Crippen LogP contribution in [0.15, 0.2) is 41.0 Å². The van der Waals surface area contributed by atoms with Crippen LogP contribution in [0.4, 0.5) is 0 Å². The number of fused-ring (bicyclic) bond motifs is 1. The van der Waals surface area contributed by atoms with Gasteiger partial charge in [-0.15, -0.1) is 0 Å². The van der Waals surface area contributed by atoms with Crippen molar-refractivity contribution in [2.75, 3.05) is 27.9 Å². The van der Waals surface area contributed by atoms with Gasteiger partial charge in [-0.2, -0.15) is 5.10 Å². The molecule has 1 aliphatic rings. The van der Waals surface area contributed by atoms with Crippen LogP contribution in [0.1, 0.15) is 27.7 Å². The zero-order valence-electron chi connectivity index (χ0n) is 16.2. The summed E-state index contributed by atoms with van der Waals surface area (Å²) >= 11 is 0. The SMILES string of the molecule is COc1cc(C2c3c(n[nH]c3-c3ccco3)C(=O)N2CC(OC)OC)ccc1O. The number of phenolic OH excluding ortho intramolecular Hbond substituents is 1. The van der Waals surface area contributed by atoms with E-state index in [0.717, 1.165) is 5.56 Å². The van der Waals surface area contributed by atoms with E-state index in [2.05, 4.69) is 10.2 Å². The molecule has 1 aliphatic heterocycles. The number of hydrogen-bond donors (Lipinski definition) is 2. The van der Waals surface area contributed by atoms with Gasteiger partial charge in [-0.3, -0.25) is 9.89 Å². The van der Waals surface area contributed by atoms with Gasteiger partial charge in [-0.05, 0) is 29.8 Å². The van der Waals surface area contributed by atoms with Crippen molar-refractivity contribution in [1.29, 1.82) is 0 Å². The summed E-state index contributed by atoms with van der Waals surface area (Å²) in [5.74, 6) is 0.628. The van der Waals surface area contributed by atoms with Crippen molar-refractivity contribution < 1.29 is 28.5 Å². The number of carbonyl (C=O) groups is 1. The number of aromatic nitrogens is 2. The highest BCUT2D eigenvalue weighted by Crippen LogP contribution is 2.44. The lowest BCUT2D eigenvalue weighted by Crippen LogP contribution is -2.38. The topological polar surface area (TPSA) is 110 Å². The van der Waals surface area contributed by atoms with Gasteiger partial charge >= 0.3 is 0 Å². The Bertz CT molecular complexity index is 1010. The molecule has 0 radical (unpaired) electrons. The fourth-order valence-electron chi connectivity index (χ4n) is 3.60. The number of furan rings is 1. The number of rotatable bonds is 7. The lowest BCUT2D eigenvalue weighted by molar-refractivity contribution is -0.113. The summed E-state index contributed by atoms with van der Waals surface area (Å²) in [5, 5.41) is 17.2. The van der Waals surface area contributed by atoms with Crippen LogP contribution in [0, 0.1) is 0 Å². The van der Waals surface area contributed by atoms with Gasteiger partial charge < -0.3 is 28.6 Å². The predicted octanol–water partition coefficient (Wildman–Crippen LogP) is 2.55. The van der Waals surface area contributed by atoms with E-state index in [0.29, 0.717) is 28.5 Å². The van der Waals surface area contributed by atoms with Crippen molar-refractivity contribution >= 4 is 5.91 Å². The van der Waals surface area contributed by atoms with E-state index < -0.39 is 12.3 Å². The number of methoxy groups -OCH3 is 3. The Hall–Kier alpha value is -3.30. The monoisotopic (exact) mass is 399 g/mol. The molecule has 0 saturated heterocycles. The largest absolute Gasteiger partial charge is 0.504 e. The van der Waals surface area contributed by atoms with Crippen molar-refractivity contribution in [3.05, 3.63) is 53.4 Å². The number of nitrogens with zero attached hydrogens (tertiary/aromatic N) is 2. The number of aromatic hydroxyl groups is 1. The number of H-pyrrole nitrogens is 1. The summed E-state index contributed by atoms with van der Waals surface area (Å²) in [6, 6.07) is 8.03. The number of phenols is 1. The van der Waals surface area contributed by atoms with Gasteiger partial charge in [0.25, 0.3) is 5.91 Å². The number of nitrogens with one attached hydrogen (secondary N) is 1. The molecule has 4 rings (SSSR count). The van der Waals surface area contributed by atoms with Crippen LogP contribution in [0.3, 0.4) is 0 Å². The summed E-state index contributed by atoms with van der Waals surface area (Å²) in [5.41, 5.74) is 2.35. The van der Waals surface area contributed by atoms with Crippen LogP contribution >= 0.6 is 0 Å². The van der Waals surface area contributed by atoms with Crippen LogP contribution in [-0.4, -0.2) is 60.3 Å². The van der Waals surface area contributed by atoms with Gasteiger partial charge in [-0.25, -0.2) is 0 Å². The van der Waals surface area contributed by atoms with Crippen LogP contribution in [-0.2, 0) is 9.47 Å². The maximum atomic E-state index is 13.2. The first-order valence-electron chi connectivity index (χ1n) is 8.94. The third-order valence-electron chi connectivity index (χ3n) is 5.01. The van der Waals surface area contributed by atoms with Crippen LogP contribution in [0.2, 0.25) is 0 Å². The average molecular weight is 399 g/mol. The fourth-order valence-corrected chi connectivity index (χ4v) is 3.60. The molecule has 0 spiro atoms. The first kappa shape index (κ1) is 19.0. The van der Waals surface area contributed by atoms with Gasteiger partial charge in [0, 0.05) is 19.8 Å². The lowest BCUT2D eigenvalue weighted by atomic mass is 9.97. The van der Waals surface area contributed by atoms with E-state index in [1.165, 1.54) is 27.4 Å². The average Bonchev–Trinajstić information content (AvgIpc) is 3.45. The van der Waals surface area contributed by atoms with Crippen molar-refractivity contribution in [2.45, 2.75) is 12.3 Å². The normalized spacial score (nSPS) is 15.9. The molecule has 2 N–H and O–H groups in total. The molecule has 0 fully saturated rings. The fraction of sp³-hybridized carbons (Fsp3) is 0.300. The molecule has 2 aromatic heterocycles. The molecule has 0 saturated carbocycles. The van der Waals surface area contributed by atoms with Crippen molar-refractivity contribution in [3.63, 3.8) is 0 Å². The second kappa shape index (κ2) is 7.61. The molecule has 0 aliphatic carbocycles. The van der Waals surface area contributed by atoms with Gasteiger partial charge in [0.1, 0.15) is 5.69 Å². The second-order valence-corrected chi connectivity index (χ2v) is 6.53. The van der Waals surface area contributed by atoms with E-state index in [1.54, 1.807) is 35.4 Å².